The first-order valence-electron chi connectivity index (χ1n) is 45.7. The SMILES string of the molecule is C=C(Cn1nccn1)[C@H]1CC[C@H]2[C@@H]3CC=C4C[C@@](O)(C(F)F)CC[C@@H]4[C@H]3CC[C@]12C.C=C(Cn1ncnn1)[C@H]1CC[C@H]2[C@@H]3CC=C4C[C@@](O)(CF)CC[C@@H]4[C@H]3CC[C@]12C.C=C(Cn1ncnn1)[C@H]1CC[C@H]2[C@@H]3CC=C4C[C@@](O)(COC)CC[C@@H]4[C@H]3CC[C@]12C.C=C(Cn1ncnn1)[C@H]1CC[C@H]2[C@@H]3CC=C4C[C@](C)(O)CC[C@@H]4[C@H]3CC[C@]12C. The lowest BCUT2D eigenvalue weighted by atomic mass is 9.51. The summed E-state index contributed by atoms with van der Waals surface area (Å²) in [7, 11) is 1.70. The number of hydrogen-bond acceptors (Lipinski definition) is 16. The summed E-state index contributed by atoms with van der Waals surface area (Å²) in [6.07, 6.45) is 48.5. The Morgan fingerprint density at radius 3 is 1.07 bits per heavy atom. The van der Waals surface area contributed by atoms with Crippen LogP contribution < -0.4 is 0 Å². The molecule has 0 unspecified atom stereocenters. The monoisotopic (exact) mass is 1610 g/mol. The van der Waals surface area contributed by atoms with Crippen molar-refractivity contribution in [3.63, 3.8) is 0 Å². The number of tetrazole rings is 3. The van der Waals surface area contributed by atoms with Crippen molar-refractivity contribution >= 4 is 0 Å². The largest absolute Gasteiger partial charge is 0.390 e. The number of allylic oxidation sites excluding steroid dienone is 8. The average molecular weight is 1610 g/mol. The minimum absolute atomic E-state index is 0.163. The van der Waals surface area contributed by atoms with Gasteiger partial charge in [0.1, 0.15) is 12.3 Å². The summed E-state index contributed by atoms with van der Waals surface area (Å²) >= 11 is 0. The fraction of sp³-hybridized carbons (Fsp3) is 0.777. The number of methoxy groups -OCH3 is 1. The molecule has 0 aromatic carbocycles. The smallest absolute Gasteiger partial charge is 0.267 e. The van der Waals surface area contributed by atoms with Gasteiger partial charge in [0, 0.05) is 13.5 Å². The van der Waals surface area contributed by atoms with E-state index in [4.69, 9.17) is 4.74 Å². The quantitative estimate of drug-likeness (QED) is 0.0761. The van der Waals surface area contributed by atoms with Crippen LogP contribution in [-0.4, -0.2) is 145 Å². The van der Waals surface area contributed by atoms with E-state index in [1.165, 1.54) is 168 Å². The predicted molar refractivity (Wildman–Crippen MR) is 442 cm³/mol. The number of aliphatic hydroxyl groups is 4. The Hall–Kier alpha value is -6.14. The van der Waals surface area contributed by atoms with Crippen LogP contribution in [0.15, 0.2) is 127 Å². The molecule has 0 spiro atoms. The molecule has 0 bridgehead atoms. The first kappa shape index (κ1) is 83.1. The van der Waals surface area contributed by atoms with Crippen LogP contribution in [0.3, 0.4) is 0 Å². The van der Waals surface area contributed by atoms with Crippen molar-refractivity contribution < 1.29 is 38.3 Å². The molecule has 117 heavy (non-hydrogen) atoms. The number of fused-ring (bicyclic) bond motifs is 20. The predicted octanol–water partition coefficient (Wildman–Crippen LogP) is 17.1. The summed E-state index contributed by atoms with van der Waals surface area (Å²) in [5, 5.41) is 86.9. The van der Waals surface area contributed by atoms with E-state index in [9.17, 15) is 33.6 Å². The van der Waals surface area contributed by atoms with Crippen LogP contribution in [0.2, 0.25) is 0 Å². The Bertz CT molecular complexity index is 4330. The second-order valence-corrected chi connectivity index (χ2v) is 42.3. The summed E-state index contributed by atoms with van der Waals surface area (Å²) in [5.74, 6) is 13.3. The van der Waals surface area contributed by atoms with E-state index in [1.54, 1.807) is 44.3 Å². The van der Waals surface area contributed by atoms with Crippen LogP contribution in [0.25, 0.3) is 0 Å². The van der Waals surface area contributed by atoms with Gasteiger partial charge in [0.2, 0.25) is 0 Å². The van der Waals surface area contributed by atoms with Crippen molar-refractivity contribution in [1.82, 2.24) is 75.6 Å². The molecule has 20 rings (SSSR count). The van der Waals surface area contributed by atoms with Crippen molar-refractivity contribution in [2.45, 2.75) is 295 Å². The molecule has 23 heteroatoms. The average Bonchev–Trinajstić information content (AvgIpc) is 1.65. The summed E-state index contributed by atoms with van der Waals surface area (Å²) in [5.41, 5.74) is 7.78. The van der Waals surface area contributed by atoms with Crippen LogP contribution in [0.1, 0.15) is 240 Å². The molecule has 638 valence electrons. The van der Waals surface area contributed by atoms with Gasteiger partial charge < -0.3 is 25.2 Å². The van der Waals surface area contributed by atoms with Gasteiger partial charge in [0.05, 0.1) is 62.0 Å². The maximum Gasteiger partial charge on any atom is 0.267 e. The van der Waals surface area contributed by atoms with Gasteiger partial charge in [0.15, 0.2) is 19.0 Å². The molecule has 0 saturated heterocycles. The summed E-state index contributed by atoms with van der Waals surface area (Å²) in [6, 6.07) is 0. The van der Waals surface area contributed by atoms with E-state index in [1.807, 2.05) is 6.92 Å². The molecule has 12 saturated carbocycles. The lowest BCUT2D eigenvalue weighted by molar-refractivity contribution is -0.119. The number of nitrogens with zero attached hydrogens (tertiary/aromatic N) is 15. The zero-order chi connectivity index (χ0) is 81.8. The first-order valence-corrected chi connectivity index (χ1v) is 45.7. The molecule has 4 N–H and O–H groups in total. The van der Waals surface area contributed by atoms with E-state index in [0.29, 0.717) is 133 Å². The van der Waals surface area contributed by atoms with E-state index in [2.05, 4.69) is 135 Å². The third kappa shape index (κ3) is 15.5. The number of alkyl halides is 3. The third-order valence-electron chi connectivity index (χ3n) is 36.5. The van der Waals surface area contributed by atoms with E-state index in [-0.39, 0.29) is 18.3 Å². The number of ether oxygens (including phenoxy) is 1. The van der Waals surface area contributed by atoms with E-state index in [0.717, 1.165) is 117 Å². The molecule has 0 amide bonds. The van der Waals surface area contributed by atoms with Crippen molar-refractivity contribution in [3.05, 3.63) is 127 Å². The topological polar surface area (TPSA) is 252 Å². The number of halogens is 3. The molecule has 12 fully saturated rings. The minimum atomic E-state index is -2.65. The lowest BCUT2D eigenvalue weighted by Gasteiger charge is -2.54. The molecule has 4 aromatic heterocycles. The van der Waals surface area contributed by atoms with Crippen molar-refractivity contribution in [1.29, 1.82) is 0 Å². The Morgan fingerprint density at radius 2 is 0.726 bits per heavy atom. The summed E-state index contributed by atoms with van der Waals surface area (Å²) in [6.45, 7) is 32.4. The highest BCUT2D eigenvalue weighted by molar-refractivity contribution is 5.29. The van der Waals surface area contributed by atoms with Gasteiger partial charge in [-0.05, 0) is 362 Å². The van der Waals surface area contributed by atoms with Crippen molar-refractivity contribution in [3.8, 4) is 0 Å². The number of aromatic nitrogens is 15. The number of hydrogen-bond donors (Lipinski definition) is 4. The standard InChI is InChI=1S/C24H33F2N3O.C24H36N4O2.C23H33FN4O.C23H34N4O/c1-15(14-29-27-11-12-28-29)20-5-6-21-19-4-3-16-13-24(30,22(25)26)10-8-17(16)18(19)7-9-23(20,21)2;1-16(13-28-26-15-25-27-28)21-6-7-22-20-5-4-17-12-24(29,14-30-3)11-9-18(17)19(20)8-10-23(21,22)2;1-15(12-28-26-14-25-27-28)20-5-6-21-19-4-3-16-11-23(29,13-24)10-8-17(16)18(19)7-9-22(20,21)2;1-15(13-27-25-14-24-26-27)20-6-7-21-19-5-4-16-12-22(2,28)10-8-17(16)18(19)9-11-23(20,21)3/h3,11-12,17-22,30H,1,4-10,13-14H2,2H3;4,15,18-22,29H,1,5-14H2,2-3H3;3,14,17-21,29H,1,4-13H2,2H3;4,14,17-21,28H,1,5-13H2,2-3H3/t17-,18+,19+,20+,21-,23+,24+;18-,19+,20+,21+,22-,23+,24+;2*17-,18+,19+,20+,21-,22+,23+/m0000/s1. The normalized spacial score (nSPS) is 43.6. The zero-order valence-electron chi connectivity index (χ0n) is 71.1. The Labute approximate surface area is 692 Å². The highest BCUT2D eigenvalue weighted by atomic mass is 19.3. The highest BCUT2D eigenvalue weighted by Gasteiger charge is 2.63. The fourth-order valence-electron chi connectivity index (χ4n) is 31.2. The Morgan fingerprint density at radius 1 is 0.402 bits per heavy atom. The van der Waals surface area contributed by atoms with Crippen LogP contribution in [0.5, 0.6) is 0 Å². The fourth-order valence-corrected chi connectivity index (χ4v) is 31.2. The molecule has 0 radical (unpaired) electrons. The maximum atomic E-state index is 13.4. The molecule has 4 aromatic rings. The lowest BCUT2D eigenvalue weighted by Crippen LogP contribution is -2.49. The second kappa shape index (κ2) is 32.6. The summed E-state index contributed by atoms with van der Waals surface area (Å²) < 4.78 is 45.4. The van der Waals surface area contributed by atoms with Gasteiger partial charge in [0.25, 0.3) is 6.43 Å². The van der Waals surface area contributed by atoms with Gasteiger partial charge in [-0.2, -0.15) is 29.4 Å². The molecule has 4 heterocycles. The second-order valence-electron chi connectivity index (χ2n) is 42.3. The molecule has 16 aliphatic carbocycles. The van der Waals surface area contributed by atoms with Crippen LogP contribution in [0.4, 0.5) is 13.2 Å². The maximum absolute atomic E-state index is 13.4. The van der Waals surface area contributed by atoms with Gasteiger partial charge in [-0.25, -0.2) is 13.2 Å². The third-order valence-corrected chi connectivity index (χ3v) is 36.5. The minimum Gasteiger partial charge on any atom is -0.390 e. The first-order chi connectivity index (χ1) is 56.1. The molecule has 0 aliphatic heterocycles. The van der Waals surface area contributed by atoms with Gasteiger partial charge in [-0.15, -0.1) is 30.6 Å². The van der Waals surface area contributed by atoms with Gasteiger partial charge in [-0.1, -0.05) is 123 Å². The van der Waals surface area contributed by atoms with Crippen LogP contribution in [-0.2, 0) is 30.9 Å². The molecular formula is C94H136F3N15O5. The number of rotatable bonds is 16. The Balaban J connectivity index is 0.000000112. The molecular weight excluding hydrogens is 1480 g/mol. The summed E-state index contributed by atoms with van der Waals surface area (Å²) in [4.78, 5) is 6.72. The van der Waals surface area contributed by atoms with E-state index < -0.39 is 35.5 Å². The van der Waals surface area contributed by atoms with Gasteiger partial charge >= 0.3 is 0 Å². The Kier molecular flexibility index (Phi) is 23.2. The zero-order valence-corrected chi connectivity index (χ0v) is 71.1. The van der Waals surface area contributed by atoms with Crippen molar-refractivity contribution in [2.24, 2.45) is 140 Å². The molecule has 16 aliphatic rings. The van der Waals surface area contributed by atoms with Crippen molar-refractivity contribution in [2.75, 3.05) is 20.4 Å². The van der Waals surface area contributed by atoms with Gasteiger partial charge in [-0.3, -0.25) is 0 Å². The molecule has 20 nitrogen and oxygen atoms in total. The van der Waals surface area contributed by atoms with Crippen LogP contribution >= 0.6 is 0 Å². The van der Waals surface area contributed by atoms with Crippen LogP contribution in [0, 0.1) is 140 Å². The molecule has 28 atom stereocenters. The highest BCUT2D eigenvalue weighted by Crippen LogP contribution is 2.70. The van der Waals surface area contributed by atoms with E-state index >= 15 is 0 Å².